The first-order valence-corrected chi connectivity index (χ1v) is 6.91. The Kier molecular flexibility index (Phi) is 6.14. The van der Waals surface area contributed by atoms with Crippen molar-refractivity contribution in [1.82, 2.24) is 10.6 Å². The zero-order valence-corrected chi connectivity index (χ0v) is 11.7. The molecule has 0 aromatic heterocycles. The number of nitriles is 1. The standard InChI is InChI=1S/C14H25N3O/c1-10(2)12-5-4-11(3)8-13(12)17-9-14(18)16-7-6-15/h10-13,17H,4-5,7-9H2,1-3H3,(H,16,18). The molecule has 0 spiro atoms. The first-order valence-electron chi connectivity index (χ1n) is 6.91. The van der Waals surface area contributed by atoms with Gasteiger partial charge in [0.15, 0.2) is 0 Å². The second-order valence-electron chi connectivity index (χ2n) is 5.75. The third-order valence-corrected chi connectivity index (χ3v) is 3.91. The molecule has 0 aliphatic heterocycles. The minimum Gasteiger partial charge on any atom is -0.342 e. The molecular formula is C14H25N3O. The van der Waals surface area contributed by atoms with Crippen LogP contribution in [0.2, 0.25) is 0 Å². The molecule has 18 heavy (non-hydrogen) atoms. The summed E-state index contributed by atoms with van der Waals surface area (Å²) < 4.78 is 0. The van der Waals surface area contributed by atoms with Crippen LogP contribution in [0.3, 0.4) is 0 Å². The highest BCUT2D eigenvalue weighted by Crippen LogP contribution is 2.33. The lowest BCUT2D eigenvalue weighted by molar-refractivity contribution is -0.120. The van der Waals surface area contributed by atoms with Crippen LogP contribution in [0.25, 0.3) is 0 Å². The van der Waals surface area contributed by atoms with Gasteiger partial charge < -0.3 is 10.6 Å². The molecule has 0 radical (unpaired) electrons. The molecule has 3 atom stereocenters. The molecule has 1 rings (SSSR count). The van der Waals surface area contributed by atoms with Gasteiger partial charge in [-0.2, -0.15) is 5.26 Å². The zero-order valence-electron chi connectivity index (χ0n) is 11.7. The van der Waals surface area contributed by atoms with Crippen molar-refractivity contribution in [2.24, 2.45) is 17.8 Å². The van der Waals surface area contributed by atoms with Crippen molar-refractivity contribution in [3.63, 3.8) is 0 Å². The fourth-order valence-corrected chi connectivity index (χ4v) is 2.86. The Morgan fingerprint density at radius 1 is 1.44 bits per heavy atom. The summed E-state index contributed by atoms with van der Waals surface area (Å²) in [6.07, 6.45) is 3.69. The van der Waals surface area contributed by atoms with Gasteiger partial charge in [0.05, 0.1) is 12.6 Å². The van der Waals surface area contributed by atoms with E-state index in [0.29, 0.717) is 24.4 Å². The lowest BCUT2D eigenvalue weighted by Crippen LogP contribution is -2.46. The van der Waals surface area contributed by atoms with Crippen LogP contribution in [-0.2, 0) is 4.79 Å². The molecule has 1 aliphatic rings. The van der Waals surface area contributed by atoms with E-state index in [2.05, 4.69) is 31.4 Å². The first kappa shape index (κ1) is 15.0. The third-order valence-electron chi connectivity index (χ3n) is 3.91. The maximum absolute atomic E-state index is 11.5. The van der Waals surface area contributed by atoms with Crippen LogP contribution in [0.4, 0.5) is 0 Å². The van der Waals surface area contributed by atoms with Crippen molar-refractivity contribution in [3.8, 4) is 6.07 Å². The fourth-order valence-electron chi connectivity index (χ4n) is 2.86. The van der Waals surface area contributed by atoms with Gasteiger partial charge in [0, 0.05) is 6.04 Å². The number of nitrogens with one attached hydrogen (secondary N) is 2. The highest BCUT2D eigenvalue weighted by Gasteiger charge is 2.30. The Bertz CT molecular complexity index is 309. The van der Waals surface area contributed by atoms with Gasteiger partial charge >= 0.3 is 0 Å². The van der Waals surface area contributed by atoms with Gasteiger partial charge in [0.2, 0.25) is 5.91 Å². The maximum Gasteiger partial charge on any atom is 0.234 e. The van der Waals surface area contributed by atoms with Gasteiger partial charge in [-0.3, -0.25) is 4.79 Å². The maximum atomic E-state index is 11.5. The van der Waals surface area contributed by atoms with Crippen molar-refractivity contribution >= 4 is 5.91 Å². The second kappa shape index (κ2) is 7.38. The molecular weight excluding hydrogens is 226 g/mol. The van der Waals surface area contributed by atoms with Crippen LogP contribution in [0.5, 0.6) is 0 Å². The van der Waals surface area contributed by atoms with Gasteiger partial charge in [0.25, 0.3) is 0 Å². The topological polar surface area (TPSA) is 64.9 Å². The van der Waals surface area contributed by atoms with E-state index in [9.17, 15) is 4.79 Å². The average molecular weight is 251 g/mol. The fraction of sp³-hybridized carbons (Fsp3) is 0.857. The molecule has 0 heterocycles. The molecule has 0 aromatic rings. The molecule has 0 aromatic carbocycles. The average Bonchev–Trinajstić information content (AvgIpc) is 2.33. The van der Waals surface area contributed by atoms with E-state index in [0.717, 1.165) is 12.3 Å². The largest absolute Gasteiger partial charge is 0.342 e. The predicted octanol–water partition coefficient (Wildman–Crippen LogP) is 1.68. The summed E-state index contributed by atoms with van der Waals surface area (Å²) in [7, 11) is 0. The summed E-state index contributed by atoms with van der Waals surface area (Å²) >= 11 is 0. The predicted molar refractivity (Wildman–Crippen MR) is 71.8 cm³/mol. The molecule has 4 heteroatoms. The van der Waals surface area contributed by atoms with Crippen LogP contribution >= 0.6 is 0 Å². The molecule has 0 bridgehead atoms. The summed E-state index contributed by atoms with van der Waals surface area (Å²) in [5.74, 6) is 1.96. The van der Waals surface area contributed by atoms with Crippen molar-refractivity contribution in [2.75, 3.05) is 13.1 Å². The van der Waals surface area contributed by atoms with Gasteiger partial charge in [-0.25, -0.2) is 0 Å². The minimum atomic E-state index is -0.0858. The SMILES string of the molecule is CC1CCC(C(C)C)C(NCC(=O)NCC#N)C1. The number of hydrogen-bond acceptors (Lipinski definition) is 3. The second-order valence-corrected chi connectivity index (χ2v) is 5.75. The van der Waals surface area contributed by atoms with Crippen LogP contribution in [-0.4, -0.2) is 25.0 Å². The van der Waals surface area contributed by atoms with Crippen LogP contribution in [0, 0.1) is 29.1 Å². The summed E-state index contributed by atoms with van der Waals surface area (Å²) in [6, 6.07) is 2.34. The number of rotatable bonds is 5. The Morgan fingerprint density at radius 2 is 2.17 bits per heavy atom. The Balaban J connectivity index is 2.41. The third kappa shape index (κ3) is 4.66. The van der Waals surface area contributed by atoms with Gasteiger partial charge in [-0.15, -0.1) is 0 Å². The van der Waals surface area contributed by atoms with Crippen molar-refractivity contribution in [1.29, 1.82) is 5.26 Å². The highest BCUT2D eigenvalue weighted by molar-refractivity contribution is 5.78. The van der Waals surface area contributed by atoms with Crippen molar-refractivity contribution in [2.45, 2.75) is 46.1 Å². The Hall–Kier alpha value is -1.08. The van der Waals surface area contributed by atoms with Crippen molar-refractivity contribution in [3.05, 3.63) is 0 Å². The molecule has 1 amide bonds. The number of amides is 1. The molecule has 1 saturated carbocycles. The molecule has 3 unspecified atom stereocenters. The summed E-state index contributed by atoms with van der Waals surface area (Å²) in [4.78, 5) is 11.5. The van der Waals surface area contributed by atoms with E-state index in [4.69, 9.17) is 5.26 Å². The molecule has 1 fully saturated rings. The molecule has 2 N–H and O–H groups in total. The van der Waals surface area contributed by atoms with E-state index in [-0.39, 0.29) is 12.5 Å². The minimum absolute atomic E-state index is 0.0858. The molecule has 102 valence electrons. The van der Waals surface area contributed by atoms with E-state index in [1.54, 1.807) is 0 Å². The Morgan fingerprint density at radius 3 is 2.78 bits per heavy atom. The van der Waals surface area contributed by atoms with Crippen molar-refractivity contribution < 1.29 is 4.79 Å². The Labute approximate surface area is 110 Å². The lowest BCUT2D eigenvalue weighted by Gasteiger charge is -2.37. The summed E-state index contributed by atoms with van der Waals surface area (Å²) in [5.41, 5.74) is 0. The number of carbonyl (C=O) groups excluding carboxylic acids is 1. The monoisotopic (exact) mass is 251 g/mol. The van der Waals surface area contributed by atoms with E-state index in [1.165, 1.54) is 12.8 Å². The summed E-state index contributed by atoms with van der Waals surface area (Å²) in [5, 5.41) is 14.3. The van der Waals surface area contributed by atoms with E-state index in [1.807, 2.05) is 6.07 Å². The first-order chi connectivity index (χ1) is 8.54. The summed E-state index contributed by atoms with van der Waals surface area (Å²) in [6.45, 7) is 7.20. The molecule has 0 saturated heterocycles. The van der Waals surface area contributed by atoms with Crippen LogP contribution in [0.1, 0.15) is 40.0 Å². The lowest BCUT2D eigenvalue weighted by atomic mass is 9.74. The van der Waals surface area contributed by atoms with E-state index >= 15 is 0 Å². The van der Waals surface area contributed by atoms with Gasteiger partial charge in [0.1, 0.15) is 6.54 Å². The normalized spacial score (nSPS) is 27.8. The molecule has 1 aliphatic carbocycles. The highest BCUT2D eigenvalue weighted by atomic mass is 16.1. The quantitative estimate of drug-likeness (QED) is 0.731. The number of hydrogen-bond donors (Lipinski definition) is 2. The molecule has 4 nitrogen and oxygen atoms in total. The number of carbonyl (C=O) groups is 1. The smallest absolute Gasteiger partial charge is 0.234 e. The van der Waals surface area contributed by atoms with Gasteiger partial charge in [-0.05, 0) is 30.6 Å². The van der Waals surface area contributed by atoms with Gasteiger partial charge in [-0.1, -0.05) is 27.2 Å². The van der Waals surface area contributed by atoms with Crippen LogP contribution < -0.4 is 10.6 Å². The number of nitrogens with zero attached hydrogens (tertiary/aromatic N) is 1. The zero-order chi connectivity index (χ0) is 13.5. The van der Waals surface area contributed by atoms with Crippen LogP contribution in [0.15, 0.2) is 0 Å². The van der Waals surface area contributed by atoms with E-state index < -0.39 is 0 Å².